The number of hydrogen-bond donors (Lipinski definition) is 3. The van der Waals surface area contributed by atoms with Crippen molar-refractivity contribution in [3.63, 3.8) is 0 Å². The second-order valence-corrected chi connectivity index (χ2v) is 10.8. The molecule has 258 valence electrons. The van der Waals surface area contributed by atoms with Gasteiger partial charge in [0.15, 0.2) is 0 Å². The molecule has 0 radical (unpaired) electrons. The zero-order valence-corrected chi connectivity index (χ0v) is 26.0. The monoisotopic (exact) mass is 642 g/mol. The van der Waals surface area contributed by atoms with Gasteiger partial charge in [0.1, 0.15) is 5.78 Å². The van der Waals surface area contributed by atoms with Crippen molar-refractivity contribution >= 4 is 35.6 Å². The predicted molar refractivity (Wildman–Crippen MR) is 152 cm³/mol. The summed E-state index contributed by atoms with van der Waals surface area (Å²) < 4.78 is 0. The number of carbonyl (C=O) groups is 6. The van der Waals surface area contributed by atoms with Gasteiger partial charge in [0.25, 0.3) is 0 Å². The molecular formula is C27H46N8O10-4. The molecule has 1 saturated heterocycles. The molecule has 18 heteroatoms. The van der Waals surface area contributed by atoms with E-state index >= 15 is 0 Å². The highest BCUT2D eigenvalue weighted by Crippen LogP contribution is 2.00. The number of nitrogens with one attached hydrogen (secondary N) is 3. The maximum atomic E-state index is 13.2. The summed E-state index contributed by atoms with van der Waals surface area (Å²) in [6, 6.07) is 0. The lowest BCUT2D eigenvalue weighted by Crippen LogP contribution is -2.51. The van der Waals surface area contributed by atoms with Gasteiger partial charge in [0.05, 0.1) is 37.0 Å². The van der Waals surface area contributed by atoms with E-state index in [-0.39, 0.29) is 64.0 Å². The van der Waals surface area contributed by atoms with Gasteiger partial charge in [0.2, 0.25) is 5.91 Å². The molecule has 1 aliphatic rings. The Kier molecular flexibility index (Phi) is 20.4. The molecule has 0 atom stereocenters. The number of carbonyl (C=O) groups excluding carboxylic acids is 6. The van der Waals surface area contributed by atoms with E-state index in [0.717, 1.165) is 26.2 Å². The van der Waals surface area contributed by atoms with E-state index < -0.39 is 50.1 Å². The predicted octanol–water partition coefficient (Wildman–Crippen LogP) is -9.61. The number of carboxylic acids is 4. The number of Topliss-reactive ketones (excluding diaryl/α,β-unsaturated/α-hetero) is 1. The summed E-state index contributed by atoms with van der Waals surface area (Å²) in [4.78, 5) is 77.0. The molecule has 1 heterocycles. The Morgan fingerprint density at radius 3 is 1.16 bits per heavy atom. The van der Waals surface area contributed by atoms with Gasteiger partial charge < -0.3 is 60.5 Å². The van der Waals surface area contributed by atoms with Crippen molar-refractivity contribution in [2.45, 2.75) is 6.92 Å². The van der Waals surface area contributed by atoms with Crippen molar-refractivity contribution in [3.8, 4) is 0 Å². The fourth-order valence-electron chi connectivity index (χ4n) is 4.67. The molecule has 0 spiro atoms. The van der Waals surface area contributed by atoms with E-state index in [9.17, 15) is 49.2 Å². The highest BCUT2D eigenvalue weighted by atomic mass is 16.4. The quantitative estimate of drug-likeness (QED) is 0.105. The van der Waals surface area contributed by atoms with Crippen LogP contribution in [0.1, 0.15) is 6.92 Å². The molecule has 0 aliphatic carbocycles. The summed E-state index contributed by atoms with van der Waals surface area (Å²) in [7, 11) is 0. The Hall–Kier alpha value is -3.26. The molecular weight excluding hydrogens is 596 g/mol. The van der Waals surface area contributed by atoms with E-state index in [2.05, 4.69) is 16.0 Å². The first-order valence-electron chi connectivity index (χ1n) is 14.9. The third kappa shape index (κ3) is 21.2. The SMILES string of the molecule is CC(=O)CN(CCN(CCN(CCN(CC(=O)[O-])CC(=O)N1CCNCCNCCNCC1)CC(=O)[O-])CC(=O)[O-])CC(=O)[O-]. The van der Waals surface area contributed by atoms with Crippen LogP contribution >= 0.6 is 0 Å². The number of carboxylic acid groups (broad SMARTS) is 4. The molecule has 3 N–H and O–H groups in total. The van der Waals surface area contributed by atoms with Gasteiger partial charge in [-0.05, 0) is 6.92 Å². The van der Waals surface area contributed by atoms with E-state index in [1.807, 2.05) is 0 Å². The lowest BCUT2D eigenvalue weighted by Gasteiger charge is -2.32. The highest BCUT2D eigenvalue weighted by molar-refractivity contribution is 5.79. The van der Waals surface area contributed by atoms with Crippen LogP contribution < -0.4 is 36.4 Å². The zero-order chi connectivity index (χ0) is 33.6. The van der Waals surface area contributed by atoms with E-state index in [1.54, 1.807) is 4.90 Å². The third-order valence-corrected chi connectivity index (χ3v) is 6.84. The summed E-state index contributed by atoms with van der Waals surface area (Å²) in [5, 5.41) is 55.1. The Labute approximate surface area is 263 Å². The van der Waals surface area contributed by atoms with Crippen LogP contribution in [0.15, 0.2) is 0 Å². The molecule has 0 aromatic carbocycles. The van der Waals surface area contributed by atoms with Crippen LogP contribution in [0.5, 0.6) is 0 Å². The molecule has 0 saturated carbocycles. The van der Waals surface area contributed by atoms with Crippen molar-refractivity contribution in [2.24, 2.45) is 0 Å². The molecule has 45 heavy (non-hydrogen) atoms. The minimum atomic E-state index is -1.42. The standard InChI is InChI=1S/C27H50N8O10/c1-22(36)16-33(20-26(42)43)14-12-31(18-24(38)39)10-11-32(19-25(40)41)13-15-34(21-27(44)45)17-23(37)35-8-6-29-4-2-28-3-5-30-7-9-35/h28-30H,2-21H2,1H3,(H,38,39)(H,40,41)(H,42,43)(H,44,45)/p-4. The van der Waals surface area contributed by atoms with Crippen molar-refractivity contribution in [2.75, 3.05) is 131 Å². The molecule has 1 amide bonds. The van der Waals surface area contributed by atoms with Gasteiger partial charge in [-0.1, -0.05) is 0 Å². The maximum Gasteiger partial charge on any atom is 0.236 e. The Morgan fingerprint density at radius 1 is 0.489 bits per heavy atom. The Bertz CT molecular complexity index is 929. The van der Waals surface area contributed by atoms with Crippen LogP contribution in [-0.2, 0) is 28.8 Å². The summed E-state index contributed by atoms with van der Waals surface area (Å²) in [6.07, 6.45) is 0. The lowest BCUT2D eigenvalue weighted by atomic mass is 10.3. The highest BCUT2D eigenvalue weighted by Gasteiger charge is 2.20. The topological polar surface area (TPSA) is 247 Å². The summed E-state index contributed by atoms with van der Waals surface area (Å²) in [5.74, 6) is -6.24. The van der Waals surface area contributed by atoms with Crippen molar-refractivity contribution in [3.05, 3.63) is 0 Å². The minimum Gasteiger partial charge on any atom is -0.549 e. The van der Waals surface area contributed by atoms with E-state index in [1.165, 1.54) is 26.5 Å². The van der Waals surface area contributed by atoms with Crippen LogP contribution in [0.3, 0.4) is 0 Å². The first kappa shape index (κ1) is 39.8. The van der Waals surface area contributed by atoms with E-state index in [4.69, 9.17) is 0 Å². The molecule has 1 rings (SSSR count). The number of amides is 1. The number of ketones is 1. The van der Waals surface area contributed by atoms with Crippen LogP contribution in [0.25, 0.3) is 0 Å². The fraction of sp³-hybridized carbons (Fsp3) is 0.778. The summed E-state index contributed by atoms with van der Waals surface area (Å²) in [6.45, 7) is 3.67. The second-order valence-electron chi connectivity index (χ2n) is 10.8. The van der Waals surface area contributed by atoms with Crippen LogP contribution in [-0.4, -0.2) is 191 Å². The van der Waals surface area contributed by atoms with Gasteiger partial charge in [-0.15, -0.1) is 0 Å². The molecule has 0 aromatic heterocycles. The van der Waals surface area contributed by atoms with Gasteiger partial charge in [-0.2, -0.15) is 0 Å². The summed E-state index contributed by atoms with van der Waals surface area (Å²) in [5.41, 5.74) is 0. The number of hydrogen-bond acceptors (Lipinski definition) is 17. The third-order valence-electron chi connectivity index (χ3n) is 6.84. The van der Waals surface area contributed by atoms with Gasteiger partial charge in [0, 0.05) is 118 Å². The van der Waals surface area contributed by atoms with Crippen LogP contribution in [0.4, 0.5) is 0 Å². The van der Waals surface area contributed by atoms with E-state index in [0.29, 0.717) is 26.2 Å². The maximum absolute atomic E-state index is 13.2. The molecule has 0 aromatic rings. The first-order valence-corrected chi connectivity index (χ1v) is 14.9. The summed E-state index contributed by atoms with van der Waals surface area (Å²) >= 11 is 0. The van der Waals surface area contributed by atoms with Crippen LogP contribution in [0.2, 0.25) is 0 Å². The average Bonchev–Trinajstić information content (AvgIpc) is 2.91. The minimum absolute atomic E-state index is 0.00492. The Balaban J connectivity index is 2.86. The van der Waals surface area contributed by atoms with Gasteiger partial charge in [-0.3, -0.25) is 29.2 Å². The number of nitrogens with zero attached hydrogens (tertiary/aromatic N) is 5. The zero-order valence-electron chi connectivity index (χ0n) is 26.0. The van der Waals surface area contributed by atoms with Crippen molar-refractivity contribution in [1.29, 1.82) is 0 Å². The molecule has 0 unspecified atom stereocenters. The molecule has 1 fully saturated rings. The van der Waals surface area contributed by atoms with Crippen LogP contribution in [0, 0.1) is 0 Å². The van der Waals surface area contributed by atoms with Gasteiger partial charge in [-0.25, -0.2) is 0 Å². The number of aliphatic carboxylic acids is 4. The fourth-order valence-corrected chi connectivity index (χ4v) is 4.67. The lowest BCUT2D eigenvalue weighted by molar-refractivity contribution is -0.308. The molecule has 18 nitrogen and oxygen atoms in total. The smallest absolute Gasteiger partial charge is 0.236 e. The first-order chi connectivity index (χ1) is 21.3. The largest absolute Gasteiger partial charge is 0.549 e. The van der Waals surface area contributed by atoms with Crippen molar-refractivity contribution in [1.82, 2.24) is 40.4 Å². The molecule has 0 bridgehead atoms. The molecule has 1 aliphatic heterocycles. The number of rotatable bonds is 21. The Morgan fingerprint density at radius 2 is 0.800 bits per heavy atom. The normalized spacial score (nSPS) is 15.2. The van der Waals surface area contributed by atoms with Gasteiger partial charge >= 0.3 is 0 Å². The average molecular weight is 643 g/mol. The second kappa shape index (κ2) is 23.1. The van der Waals surface area contributed by atoms with Crippen molar-refractivity contribution < 1.29 is 49.2 Å².